The summed E-state index contributed by atoms with van der Waals surface area (Å²) >= 11 is 0. The third-order valence-electron chi connectivity index (χ3n) is 3.85. The molecule has 0 saturated heterocycles. The summed E-state index contributed by atoms with van der Waals surface area (Å²) < 4.78 is 1.93. The summed E-state index contributed by atoms with van der Waals surface area (Å²) in [6.45, 7) is 5.44. The van der Waals surface area contributed by atoms with Gasteiger partial charge in [-0.2, -0.15) is 0 Å². The Morgan fingerprint density at radius 3 is 2.62 bits per heavy atom. The van der Waals surface area contributed by atoms with Gasteiger partial charge in [0.05, 0.1) is 5.92 Å². The number of rotatable bonds is 5. The molecule has 0 aliphatic rings. The third-order valence-corrected chi connectivity index (χ3v) is 3.85. The topological polar surface area (TPSA) is 71.3 Å². The first-order chi connectivity index (χ1) is 9.90. The van der Waals surface area contributed by atoms with Crippen LogP contribution in [-0.4, -0.2) is 27.6 Å². The van der Waals surface area contributed by atoms with Crippen molar-refractivity contribution in [2.24, 2.45) is 5.92 Å². The number of nitrogens with one attached hydrogen (secondary N) is 1. The van der Waals surface area contributed by atoms with Crippen LogP contribution in [0.3, 0.4) is 0 Å². The van der Waals surface area contributed by atoms with Gasteiger partial charge in [0.2, 0.25) is 5.91 Å². The van der Waals surface area contributed by atoms with Gasteiger partial charge in [-0.05, 0) is 38.3 Å². The van der Waals surface area contributed by atoms with E-state index in [0.717, 1.165) is 16.6 Å². The summed E-state index contributed by atoms with van der Waals surface area (Å²) in [5, 5.41) is 12.8. The van der Waals surface area contributed by atoms with Crippen molar-refractivity contribution in [3.05, 3.63) is 36.0 Å². The molecular formula is C16H20N2O3. The van der Waals surface area contributed by atoms with Gasteiger partial charge in [-0.25, -0.2) is 0 Å². The molecule has 0 radical (unpaired) electrons. The number of nitrogens with zero attached hydrogens (tertiary/aromatic N) is 1. The lowest BCUT2D eigenvalue weighted by Gasteiger charge is -2.18. The van der Waals surface area contributed by atoms with Crippen LogP contribution in [0.1, 0.15) is 19.5 Å². The maximum absolute atomic E-state index is 12.1. The second kappa shape index (κ2) is 5.99. The smallest absolute Gasteiger partial charge is 0.308 e. The number of aliphatic carboxylic acids is 1. The maximum Gasteiger partial charge on any atom is 0.308 e. The lowest BCUT2D eigenvalue weighted by molar-refractivity contribution is -0.142. The van der Waals surface area contributed by atoms with Gasteiger partial charge >= 0.3 is 5.97 Å². The summed E-state index contributed by atoms with van der Waals surface area (Å²) in [5.74, 6) is -1.71. The Morgan fingerprint density at radius 1 is 1.29 bits per heavy atom. The van der Waals surface area contributed by atoms with Crippen LogP contribution >= 0.6 is 0 Å². The van der Waals surface area contributed by atoms with Crippen molar-refractivity contribution in [3.8, 4) is 0 Å². The summed E-state index contributed by atoms with van der Waals surface area (Å²) in [5.41, 5.74) is 2.01. The molecule has 1 aromatic heterocycles. The minimum absolute atomic E-state index is 0.181. The second-order valence-corrected chi connectivity index (χ2v) is 5.41. The predicted octanol–water partition coefficient (Wildman–Crippen LogP) is 2.18. The van der Waals surface area contributed by atoms with E-state index in [1.807, 2.05) is 41.8 Å². The van der Waals surface area contributed by atoms with E-state index >= 15 is 0 Å². The van der Waals surface area contributed by atoms with Crippen LogP contribution in [0.25, 0.3) is 10.9 Å². The van der Waals surface area contributed by atoms with E-state index < -0.39 is 17.9 Å². The van der Waals surface area contributed by atoms with Crippen LogP contribution in [0.4, 0.5) is 0 Å². The van der Waals surface area contributed by atoms with E-state index in [1.165, 1.54) is 0 Å². The predicted molar refractivity (Wildman–Crippen MR) is 81.1 cm³/mol. The average molecular weight is 288 g/mol. The quantitative estimate of drug-likeness (QED) is 0.885. The Balaban J connectivity index is 2.12. The highest BCUT2D eigenvalue weighted by Crippen LogP contribution is 2.18. The van der Waals surface area contributed by atoms with Crippen LogP contribution in [0.2, 0.25) is 0 Å². The molecule has 0 spiro atoms. The number of amides is 1. The molecule has 0 saturated carbocycles. The molecule has 1 amide bonds. The van der Waals surface area contributed by atoms with Crippen molar-refractivity contribution in [1.82, 2.24) is 9.88 Å². The number of aryl methyl sites for hydroxylation is 1. The first-order valence-electron chi connectivity index (χ1n) is 6.97. The standard InChI is InChI=1S/C16H20N2O3/c1-10-8-13-6-4-5-7-14(13)18(10)9-15(19)17-12(3)11(2)16(20)21/h4-8,11-12H,9H2,1-3H3,(H,17,19)(H,20,21). The highest BCUT2D eigenvalue weighted by atomic mass is 16.4. The number of fused-ring (bicyclic) bond motifs is 1. The van der Waals surface area contributed by atoms with Crippen LogP contribution in [-0.2, 0) is 16.1 Å². The Bertz CT molecular complexity index is 675. The lowest BCUT2D eigenvalue weighted by Crippen LogP contribution is -2.41. The molecule has 5 nitrogen and oxygen atoms in total. The number of hydrogen-bond donors (Lipinski definition) is 2. The fourth-order valence-corrected chi connectivity index (χ4v) is 2.34. The third kappa shape index (κ3) is 3.24. The number of benzene rings is 1. The minimum atomic E-state index is -0.912. The Hall–Kier alpha value is -2.30. The highest BCUT2D eigenvalue weighted by Gasteiger charge is 2.21. The van der Waals surface area contributed by atoms with Gasteiger partial charge in [0.25, 0.3) is 0 Å². The second-order valence-electron chi connectivity index (χ2n) is 5.41. The molecule has 2 unspecified atom stereocenters. The monoisotopic (exact) mass is 288 g/mol. The largest absolute Gasteiger partial charge is 0.481 e. The van der Waals surface area contributed by atoms with Crippen molar-refractivity contribution in [3.63, 3.8) is 0 Å². The molecule has 0 fully saturated rings. The van der Waals surface area contributed by atoms with Crippen molar-refractivity contribution in [2.75, 3.05) is 0 Å². The molecule has 2 atom stereocenters. The first-order valence-corrected chi connectivity index (χ1v) is 6.97. The van der Waals surface area contributed by atoms with E-state index in [4.69, 9.17) is 5.11 Å². The van der Waals surface area contributed by atoms with E-state index in [1.54, 1.807) is 13.8 Å². The number of para-hydroxylation sites is 1. The molecular weight excluding hydrogens is 268 g/mol. The van der Waals surface area contributed by atoms with Crippen LogP contribution < -0.4 is 5.32 Å². The molecule has 1 heterocycles. The van der Waals surface area contributed by atoms with Gasteiger partial charge in [-0.3, -0.25) is 9.59 Å². The zero-order valence-corrected chi connectivity index (χ0v) is 12.5. The number of carbonyl (C=O) groups excluding carboxylic acids is 1. The summed E-state index contributed by atoms with van der Waals surface area (Å²) in [6, 6.07) is 9.50. The maximum atomic E-state index is 12.1. The van der Waals surface area contributed by atoms with Gasteiger partial charge in [0, 0.05) is 17.3 Å². The normalized spacial score (nSPS) is 13.9. The number of carboxylic acids is 1. The molecule has 0 aliphatic heterocycles. The van der Waals surface area contributed by atoms with E-state index in [2.05, 4.69) is 5.32 Å². The fourth-order valence-electron chi connectivity index (χ4n) is 2.34. The van der Waals surface area contributed by atoms with E-state index in [-0.39, 0.29) is 12.5 Å². The van der Waals surface area contributed by atoms with Gasteiger partial charge in [0.15, 0.2) is 0 Å². The van der Waals surface area contributed by atoms with Crippen LogP contribution in [0.5, 0.6) is 0 Å². The highest BCUT2D eigenvalue weighted by molar-refractivity contribution is 5.84. The van der Waals surface area contributed by atoms with Gasteiger partial charge in [-0.15, -0.1) is 0 Å². The zero-order valence-electron chi connectivity index (χ0n) is 12.5. The van der Waals surface area contributed by atoms with E-state index in [9.17, 15) is 9.59 Å². The Morgan fingerprint density at radius 2 is 1.95 bits per heavy atom. The molecule has 1 aromatic carbocycles. The Kier molecular flexibility index (Phi) is 4.31. The summed E-state index contributed by atoms with van der Waals surface area (Å²) in [6.07, 6.45) is 0. The first kappa shape index (κ1) is 15.1. The number of aromatic nitrogens is 1. The van der Waals surface area contributed by atoms with Gasteiger partial charge in [-0.1, -0.05) is 18.2 Å². The molecule has 21 heavy (non-hydrogen) atoms. The molecule has 2 rings (SSSR count). The summed E-state index contributed by atoms with van der Waals surface area (Å²) in [4.78, 5) is 23.0. The van der Waals surface area contributed by atoms with Crippen LogP contribution in [0.15, 0.2) is 30.3 Å². The lowest BCUT2D eigenvalue weighted by atomic mass is 10.0. The molecule has 5 heteroatoms. The molecule has 112 valence electrons. The number of carboxylic acid groups (broad SMARTS) is 1. The van der Waals surface area contributed by atoms with Crippen molar-refractivity contribution in [2.45, 2.75) is 33.4 Å². The fraction of sp³-hybridized carbons (Fsp3) is 0.375. The molecule has 2 N–H and O–H groups in total. The SMILES string of the molecule is Cc1cc2ccccc2n1CC(=O)NC(C)C(C)C(=O)O. The van der Waals surface area contributed by atoms with Crippen LogP contribution in [0, 0.1) is 12.8 Å². The van der Waals surface area contributed by atoms with Gasteiger partial charge < -0.3 is 15.0 Å². The van der Waals surface area contributed by atoms with Crippen molar-refractivity contribution >= 4 is 22.8 Å². The Labute approximate surface area is 123 Å². The van der Waals surface area contributed by atoms with Gasteiger partial charge in [0.1, 0.15) is 6.54 Å². The zero-order chi connectivity index (χ0) is 15.6. The number of carbonyl (C=O) groups is 2. The molecule has 2 aromatic rings. The van der Waals surface area contributed by atoms with Crippen molar-refractivity contribution < 1.29 is 14.7 Å². The molecule has 0 aliphatic carbocycles. The minimum Gasteiger partial charge on any atom is -0.481 e. The average Bonchev–Trinajstić information content (AvgIpc) is 2.74. The number of hydrogen-bond acceptors (Lipinski definition) is 2. The van der Waals surface area contributed by atoms with Crippen molar-refractivity contribution in [1.29, 1.82) is 0 Å². The van der Waals surface area contributed by atoms with E-state index in [0.29, 0.717) is 0 Å². The molecule has 0 bridgehead atoms. The summed E-state index contributed by atoms with van der Waals surface area (Å²) in [7, 11) is 0.